The first-order valence-electron chi connectivity index (χ1n) is 8.96. The number of hydrogen-bond donors (Lipinski definition) is 1. The van der Waals surface area contributed by atoms with Gasteiger partial charge >= 0.3 is 0 Å². The smallest absolute Gasteiger partial charge is 0.227 e. The van der Waals surface area contributed by atoms with E-state index >= 15 is 0 Å². The Labute approximate surface area is 134 Å². The summed E-state index contributed by atoms with van der Waals surface area (Å²) in [5, 5.41) is 3.31. The molecule has 2 aliphatic carbocycles. The number of likely N-dealkylation sites (tertiary alicyclic amines) is 1. The summed E-state index contributed by atoms with van der Waals surface area (Å²) in [4.78, 5) is 26.7. The Morgan fingerprint density at radius 2 is 1.73 bits per heavy atom. The van der Waals surface area contributed by atoms with Gasteiger partial charge in [0, 0.05) is 30.5 Å². The Morgan fingerprint density at radius 3 is 2.36 bits per heavy atom. The van der Waals surface area contributed by atoms with Crippen molar-refractivity contribution in [1.82, 2.24) is 10.2 Å². The number of nitrogens with zero attached hydrogens (tertiary/aromatic N) is 1. The minimum atomic E-state index is -0.321. The number of rotatable bonds is 2. The standard InChI is InChI=1S/C18H30N2O2/c1-18(2,3)17(22)20-9-7-12(8-10-20)16(21)19-15-6-4-5-13-11-14(13)15/h12-15H,4-11H2,1-3H3,(H,19,21)/t13-,14+,15?/m0/s1. The highest BCUT2D eigenvalue weighted by molar-refractivity contribution is 5.82. The zero-order valence-corrected chi connectivity index (χ0v) is 14.2. The van der Waals surface area contributed by atoms with Crippen LogP contribution in [0.1, 0.15) is 59.3 Å². The van der Waals surface area contributed by atoms with Gasteiger partial charge in [-0.3, -0.25) is 9.59 Å². The van der Waals surface area contributed by atoms with Gasteiger partial charge in [-0.25, -0.2) is 0 Å². The lowest BCUT2D eigenvalue weighted by Crippen LogP contribution is -2.48. The second kappa shape index (κ2) is 5.86. The average molecular weight is 306 g/mol. The summed E-state index contributed by atoms with van der Waals surface area (Å²) in [5.41, 5.74) is -0.321. The first-order chi connectivity index (χ1) is 10.4. The van der Waals surface area contributed by atoms with Crippen molar-refractivity contribution in [1.29, 1.82) is 0 Å². The van der Waals surface area contributed by atoms with Crippen LogP contribution in [0.15, 0.2) is 0 Å². The zero-order chi connectivity index (χ0) is 15.9. The lowest BCUT2D eigenvalue weighted by atomic mass is 9.90. The van der Waals surface area contributed by atoms with E-state index < -0.39 is 0 Å². The summed E-state index contributed by atoms with van der Waals surface area (Å²) in [5.74, 6) is 2.20. The van der Waals surface area contributed by atoms with Crippen molar-refractivity contribution in [3.05, 3.63) is 0 Å². The third kappa shape index (κ3) is 3.31. The van der Waals surface area contributed by atoms with Crippen molar-refractivity contribution < 1.29 is 9.59 Å². The van der Waals surface area contributed by atoms with E-state index in [0.717, 1.165) is 44.2 Å². The molecule has 4 nitrogen and oxygen atoms in total. The van der Waals surface area contributed by atoms with Crippen LogP contribution in [0, 0.1) is 23.2 Å². The summed E-state index contributed by atoms with van der Waals surface area (Å²) in [6, 6.07) is 0.431. The molecule has 22 heavy (non-hydrogen) atoms. The zero-order valence-electron chi connectivity index (χ0n) is 14.2. The van der Waals surface area contributed by atoms with E-state index in [1.54, 1.807) is 0 Å². The second-order valence-electron chi connectivity index (χ2n) is 8.52. The maximum absolute atomic E-state index is 12.5. The van der Waals surface area contributed by atoms with Crippen LogP contribution in [-0.2, 0) is 9.59 Å². The second-order valence-corrected chi connectivity index (χ2v) is 8.52. The molecule has 0 aromatic carbocycles. The van der Waals surface area contributed by atoms with E-state index in [0.29, 0.717) is 6.04 Å². The van der Waals surface area contributed by atoms with Crippen LogP contribution in [0.3, 0.4) is 0 Å². The molecular formula is C18H30N2O2. The van der Waals surface area contributed by atoms with Crippen molar-refractivity contribution in [2.75, 3.05) is 13.1 Å². The summed E-state index contributed by atoms with van der Waals surface area (Å²) >= 11 is 0. The number of amides is 2. The topological polar surface area (TPSA) is 49.4 Å². The molecule has 3 rings (SSSR count). The molecule has 0 bridgehead atoms. The SMILES string of the molecule is CC(C)(C)C(=O)N1CCC(C(=O)NC2CCC[C@H]3C[C@@H]23)CC1. The van der Waals surface area contributed by atoms with Crippen LogP contribution in [0.2, 0.25) is 0 Å². The van der Waals surface area contributed by atoms with Crippen molar-refractivity contribution in [2.24, 2.45) is 23.2 Å². The van der Waals surface area contributed by atoms with Gasteiger partial charge in [-0.15, -0.1) is 0 Å². The van der Waals surface area contributed by atoms with E-state index in [4.69, 9.17) is 0 Å². The molecule has 2 amide bonds. The number of hydrogen-bond acceptors (Lipinski definition) is 2. The molecule has 0 aromatic heterocycles. The van der Waals surface area contributed by atoms with Crippen LogP contribution in [0.4, 0.5) is 0 Å². The van der Waals surface area contributed by atoms with Crippen LogP contribution >= 0.6 is 0 Å². The fourth-order valence-electron chi connectivity index (χ4n) is 4.21. The van der Waals surface area contributed by atoms with Gasteiger partial charge in [-0.05, 0) is 37.5 Å². The fourth-order valence-corrected chi connectivity index (χ4v) is 4.21. The third-order valence-electron chi connectivity index (χ3n) is 5.71. The van der Waals surface area contributed by atoms with Crippen LogP contribution in [0.25, 0.3) is 0 Å². The molecule has 0 aromatic rings. The first kappa shape index (κ1) is 15.8. The number of nitrogens with one attached hydrogen (secondary N) is 1. The summed E-state index contributed by atoms with van der Waals surface area (Å²) < 4.78 is 0. The first-order valence-corrected chi connectivity index (χ1v) is 8.96. The van der Waals surface area contributed by atoms with Crippen molar-refractivity contribution in [3.63, 3.8) is 0 Å². The number of piperidine rings is 1. The van der Waals surface area contributed by atoms with E-state index in [1.807, 2.05) is 25.7 Å². The molecule has 1 unspecified atom stereocenters. The monoisotopic (exact) mass is 306 g/mol. The van der Waals surface area contributed by atoms with E-state index in [1.165, 1.54) is 19.3 Å². The molecule has 0 radical (unpaired) electrons. The number of carbonyl (C=O) groups is 2. The average Bonchev–Trinajstić information content (AvgIpc) is 3.26. The van der Waals surface area contributed by atoms with Gasteiger partial charge in [0.25, 0.3) is 0 Å². The summed E-state index contributed by atoms with van der Waals surface area (Å²) in [6.45, 7) is 7.34. The van der Waals surface area contributed by atoms with E-state index in [9.17, 15) is 9.59 Å². The fraction of sp³-hybridized carbons (Fsp3) is 0.889. The molecule has 1 N–H and O–H groups in total. The largest absolute Gasteiger partial charge is 0.353 e. The Bertz CT molecular complexity index is 446. The molecule has 1 heterocycles. The van der Waals surface area contributed by atoms with Gasteiger partial charge < -0.3 is 10.2 Å². The van der Waals surface area contributed by atoms with Crippen LogP contribution in [0.5, 0.6) is 0 Å². The third-order valence-corrected chi connectivity index (χ3v) is 5.71. The minimum absolute atomic E-state index is 0.100. The lowest BCUT2D eigenvalue weighted by molar-refractivity contribution is -0.142. The quantitative estimate of drug-likeness (QED) is 0.852. The summed E-state index contributed by atoms with van der Waals surface area (Å²) in [6.07, 6.45) is 6.75. The Kier molecular flexibility index (Phi) is 4.21. The van der Waals surface area contributed by atoms with E-state index in [2.05, 4.69) is 5.32 Å². The number of fused-ring (bicyclic) bond motifs is 1. The van der Waals surface area contributed by atoms with Gasteiger partial charge in [0.15, 0.2) is 0 Å². The van der Waals surface area contributed by atoms with Crippen LogP contribution < -0.4 is 5.32 Å². The molecule has 3 atom stereocenters. The minimum Gasteiger partial charge on any atom is -0.353 e. The highest BCUT2D eigenvalue weighted by atomic mass is 16.2. The Hall–Kier alpha value is -1.06. The summed E-state index contributed by atoms with van der Waals surface area (Å²) in [7, 11) is 0. The Balaban J connectivity index is 1.47. The Morgan fingerprint density at radius 1 is 1.05 bits per heavy atom. The maximum Gasteiger partial charge on any atom is 0.227 e. The highest BCUT2D eigenvalue weighted by Crippen LogP contribution is 2.49. The highest BCUT2D eigenvalue weighted by Gasteiger charge is 2.46. The molecule has 0 spiro atoms. The molecular weight excluding hydrogens is 276 g/mol. The van der Waals surface area contributed by atoms with Crippen LogP contribution in [-0.4, -0.2) is 35.8 Å². The predicted octanol–water partition coefficient (Wildman–Crippen LogP) is 2.58. The lowest BCUT2D eigenvalue weighted by Gasteiger charge is -2.36. The molecule has 4 heteroatoms. The van der Waals surface area contributed by atoms with Crippen molar-refractivity contribution >= 4 is 11.8 Å². The molecule has 3 aliphatic rings. The molecule has 1 saturated heterocycles. The number of carbonyl (C=O) groups excluding carboxylic acids is 2. The molecule has 2 saturated carbocycles. The van der Waals surface area contributed by atoms with Gasteiger partial charge in [0.05, 0.1) is 0 Å². The van der Waals surface area contributed by atoms with Crippen molar-refractivity contribution in [3.8, 4) is 0 Å². The predicted molar refractivity (Wildman–Crippen MR) is 86.1 cm³/mol. The van der Waals surface area contributed by atoms with E-state index in [-0.39, 0.29) is 23.1 Å². The maximum atomic E-state index is 12.5. The molecule has 124 valence electrons. The normalized spacial score (nSPS) is 32.3. The van der Waals surface area contributed by atoms with Gasteiger partial charge in [-0.1, -0.05) is 33.6 Å². The van der Waals surface area contributed by atoms with Gasteiger partial charge in [-0.2, -0.15) is 0 Å². The molecule has 1 aliphatic heterocycles. The van der Waals surface area contributed by atoms with Gasteiger partial charge in [0.1, 0.15) is 0 Å². The molecule has 3 fully saturated rings. The van der Waals surface area contributed by atoms with Crippen molar-refractivity contribution in [2.45, 2.75) is 65.3 Å². The van der Waals surface area contributed by atoms with Gasteiger partial charge in [0.2, 0.25) is 11.8 Å².